The van der Waals surface area contributed by atoms with Crippen LogP contribution in [0.25, 0.3) is 11.1 Å². The second-order valence-corrected chi connectivity index (χ2v) is 5.85. The summed E-state index contributed by atoms with van der Waals surface area (Å²) in [5, 5.41) is 0. The van der Waals surface area contributed by atoms with E-state index in [1.807, 2.05) is 31.2 Å². The van der Waals surface area contributed by atoms with Gasteiger partial charge in [-0.1, -0.05) is 36.4 Å². The summed E-state index contributed by atoms with van der Waals surface area (Å²) < 4.78 is 42.8. The lowest BCUT2D eigenvalue weighted by Crippen LogP contribution is -2.24. The van der Waals surface area contributed by atoms with Crippen molar-refractivity contribution in [2.45, 2.75) is 25.7 Å². The predicted molar refractivity (Wildman–Crippen MR) is 83.2 cm³/mol. The highest BCUT2D eigenvalue weighted by atomic mass is 19.4. The van der Waals surface area contributed by atoms with Gasteiger partial charge in [-0.2, -0.15) is 13.2 Å². The van der Waals surface area contributed by atoms with Gasteiger partial charge in [-0.15, -0.1) is 0 Å². The topological polar surface area (TPSA) is 29.5 Å². The van der Waals surface area contributed by atoms with Gasteiger partial charge in [0, 0.05) is 6.54 Å². The standard InChI is InChI=1S/C18H16F3NO2/c1-12-10-22(17(23)24-12)11-13-2-4-14(5-3-13)15-6-8-16(9-7-15)18(19,20)21/h2-9,12H,10-11H2,1H3/t12-/m1/s1. The molecule has 0 unspecified atom stereocenters. The summed E-state index contributed by atoms with van der Waals surface area (Å²) in [4.78, 5) is 13.2. The van der Waals surface area contributed by atoms with Crippen LogP contribution in [0, 0.1) is 0 Å². The summed E-state index contributed by atoms with van der Waals surface area (Å²) in [5.41, 5.74) is 1.81. The summed E-state index contributed by atoms with van der Waals surface area (Å²) in [6.45, 7) is 2.85. The highest BCUT2D eigenvalue weighted by molar-refractivity contribution is 5.70. The van der Waals surface area contributed by atoms with E-state index in [4.69, 9.17) is 4.74 Å². The van der Waals surface area contributed by atoms with Crippen molar-refractivity contribution in [1.82, 2.24) is 4.90 Å². The zero-order chi connectivity index (χ0) is 17.3. The number of ether oxygens (including phenoxy) is 1. The summed E-state index contributed by atoms with van der Waals surface area (Å²) in [6, 6.07) is 12.5. The lowest BCUT2D eigenvalue weighted by atomic mass is 10.0. The van der Waals surface area contributed by atoms with E-state index in [0.29, 0.717) is 18.7 Å². The molecule has 1 amide bonds. The van der Waals surface area contributed by atoms with Crippen LogP contribution in [-0.4, -0.2) is 23.6 Å². The number of alkyl halides is 3. The van der Waals surface area contributed by atoms with Crippen LogP contribution in [0.2, 0.25) is 0 Å². The summed E-state index contributed by atoms with van der Waals surface area (Å²) in [5.74, 6) is 0. The summed E-state index contributed by atoms with van der Waals surface area (Å²) in [6.07, 6.45) is -4.76. The van der Waals surface area contributed by atoms with Crippen molar-refractivity contribution in [3.63, 3.8) is 0 Å². The van der Waals surface area contributed by atoms with Gasteiger partial charge in [0.25, 0.3) is 0 Å². The maximum Gasteiger partial charge on any atom is 0.416 e. The van der Waals surface area contributed by atoms with E-state index < -0.39 is 11.7 Å². The number of rotatable bonds is 3. The molecule has 1 aliphatic rings. The van der Waals surface area contributed by atoms with Crippen molar-refractivity contribution in [2.24, 2.45) is 0 Å². The molecule has 2 aromatic carbocycles. The third kappa shape index (κ3) is 3.53. The molecule has 1 saturated heterocycles. The Balaban J connectivity index is 1.71. The number of benzene rings is 2. The van der Waals surface area contributed by atoms with E-state index in [9.17, 15) is 18.0 Å². The molecular formula is C18H16F3NO2. The minimum absolute atomic E-state index is 0.107. The Hall–Kier alpha value is -2.50. The molecular weight excluding hydrogens is 319 g/mol. The first-order chi connectivity index (χ1) is 11.3. The largest absolute Gasteiger partial charge is 0.444 e. The van der Waals surface area contributed by atoms with Crippen LogP contribution in [0.1, 0.15) is 18.1 Å². The number of nitrogens with zero attached hydrogens (tertiary/aromatic N) is 1. The molecule has 6 heteroatoms. The van der Waals surface area contributed by atoms with Gasteiger partial charge in [-0.25, -0.2) is 4.79 Å². The van der Waals surface area contributed by atoms with Gasteiger partial charge >= 0.3 is 12.3 Å². The normalized spacial score (nSPS) is 17.9. The van der Waals surface area contributed by atoms with Gasteiger partial charge in [-0.3, -0.25) is 0 Å². The first kappa shape index (κ1) is 16.4. The first-order valence-corrected chi connectivity index (χ1v) is 7.55. The Labute approximate surface area is 137 Å². The molecule has 2 aromatic rings. The van der Waals surface area contributed by atoms with Crippen LogP contribution in [-0.2, 0) is 17.5 Å². The monoisotopic (exact) mass is 335 g/mol. The molecule has 1 heterocycles. The number of cyclic esters (lactones) is 1. The van der Waals surface area contributed by atoms with Gasteiger partial charge in [0.2, 0.25) is 0 Å². The second kappa shape index (κ2) is 6.19. The Morgan fingerprint density at radius 1 is 1.04 bits per heavy atom. The first-order valence-electron chi connectivity index (χ1n) is 7.55. The van der Waals surface area contributed by atoms with E-state index in [2.05, 4.69) is 0 Å². The smallest absolute Gasteiger partial charge is 0.416 e. The highest BCUT2D eigenvalue weighted by Crippen LogP contribution is 2.31. The van der Waals surface area contributed by atoms with Crippen molar-refractivity contribution in [3.8, 4) is 11.1 Å². The van der Waals surface area contributed by atoms with Crippen molar-refractivity contribution in [2.75, 3.05) is 6.54 Å². The highest BCUT2D eigenvalue weighted by Gasteiger charge is 2.30. The molecule has 0 bridgehead atoms. The fourth-order valence-corrected chi connectivity index (χ4v) is 2.67. The Kier molecular flexibility index (Phi) is 4.22. The molecule has 0 saturated carbocycles. The molecule has 1 aliphatic heterocycles. The second-order valence-electron chi connectivity index (χ2n) is 5.85. The van der Waals surface area contributed by atoms with Gasteiger partial charge in [0.1, 0.15) is 6.10 Å². The molecule has 1 atom stereocenters. The van der Waals surface area contributed by atoms with Crippen molar-refractivity contribution < 1.29 is 22.7 Å². The Morgan fingerprint density at radius 3 is 2.04 bits per heavy atom. The lowest BCUT2D eigenvalue weighted by molar-refractivity contribution is -0.137. The number of halogens is 3. The van der Waals surface area contributed by atoms with E-state index >= 15 is 0 Å². The van der Waals surface area contributed by atoms with E-state index in [-0.39, 0.29) is 12.2 Å². The molecule has 3 nitrogen and oxygen atoms in total. The summed E-state index contributed by atoms with van der Waals surface area (Å²) >= 11 is 0. The van der Waals surface area contributed by atoms with E-state index in [1.54, 1.807) is 4.90 Å². The molecule has 0 aliphatic carbocycles. The average Bonchev–Trinajstić information content (AvgIpc) is 2.85. The SMILES string of the molecule is C[C@@H]1CN(Cc2ccc(-c3ccc(C(F)(F)F)cc3)cc2)C(=O)O1. The molecule has 0 radical (unpaired) electrons. The number of hydrogen-bond acceptors (Lipinski definition) is 2. The summed E-state index contributed by atoms with van der Waals surface area (Å²) in [7, 11) is 0. The molecule has 3 rings (SSSR count). The Bertz CT molecular complexity index is 723. The number of carbonyl (C=O) groups is 1. The minimum Gasteiger partial charge on any atom is -0.444 e. The van der Waals surface area contributed by atoms with Crippen molar-refractivity contribution in [3.05, 3.63) is 59.7 Å². The average molecular weight is 335 g/mol. The maximum absolute atomic E-state index is 12.6. The molecule has 0 aromatic heterocycles. The molecule has 1 fully saturated rings. The van der Waals surface area contributed by atoms with Gasteiger partial charge < -0.3 is 9.64 Å². The van der Waals surface area contributed by atoms with Crippen molar-refractivity contribution in [1.29, 1.82) is 0 Å². The fourth-order valence-electron chi connectivity index (χ4n) is 2.67. The third-order valence-corrected chi connectivity index (χ3v) is 3.91. The predicted octanol–water partition coefficient (Wildman–Crippen LogP) is 4.71. The maximum atomic E-state index is 12.6. The third-order valence-electron chi connectivity index (χ3n) is 3.91. The van der Waals surface area contributed by atoms with Crippen LogP contribution < -0.4 is 0 Å². The van der Waals surface area contributed by atoms with E-state index in [0.717, 1.165) is 23.3 Å². The van der Waals surface area contributed by atoms with Gasteiger partial charge in [0.05, 0.1) is 12.1 Å². The quantitative estimate of drug-likeness (QED) is 0.813. The molecule has 126 valence electrons. The zero-order valence-corrected chi connectivity index (χ0v) is 13.0. The zero-order valence-electron chi connectivity index (χ0n) is 13.0. The minimum atomic E-state index is -4.33. The van der Waals surface area contributed by atoms with Crippen LogP contribution in [0.3, 0.4) is 0 Å². The number of carbonyl (C=O) groups excluding carboxylic acids is 1. The van der Waals surface area contributed by atoms with E-state index in [1.165, 1.54) is 12.1 Å². The lowest BCUT2D eigenvalue weighted by Gasteiger charge is -2.13. The van der Waals surface area contributed by atoms with Crippen LogP contribution in [0.15, 0.2) is 48.5 Å². The van der Waals surface area contributed by atoms with Gasteiger partial charge in [-0.05, 0) is 35.7 Å². The molecule has 0 N–H and O–H groups in total. The number of hydrogen-bond donors (Lipinski definition) is 0. The Morgan fingerprint density at radius 2 is 1.58 bits per heavy atom. The number of amides is 1. The molecule has 0 spiro atoms. The van der Waals surface area contributed by atoms with Gasteiger partial charge in [0.15, 0.2) is 0 Å². The van der Waals surface area contributed by atoms with Crippen molar-refractivity contribution >= 4 is 6.09 Å². The van der Waals surface area contributed by atoms with Crippen LogP contribution in [0.4, 0.5) is 18.0 Å². The fraction of sp³-hybridized carbons (Fsp3) is 0.278. The van der Waals surface area contributed by atoms with Crippen LogP contribution >= 0.6 is 0 Å². The van der Waals surface area contributed by atoms with Crippen LogP contribution in [0.5, 0.6) is 0 Å². The molecule has 24 heavy (non-hydrogen) atoms.